The van der Waals surface area contributed by atoms with Gasteiger partial charge in [-0.15, -0.1) is 0 Å². The van der Waals surface area contributed by atoms with E-state index in [0.29, 0.717) is 15.0 Å². The molecule has 1 N–H and O–H groups in total. The summed E-state index contributed by atoms with van der Waals surface area (Å²) < 4.78 is 8.29. The number of allylic oxidation sites excluding steroid dienone is 6. The topological polar surface area (TPSA) is 44.4 Å². The van der Waals surface area contributed by atoms with Gasteiger partial charge in [-0.05, 0) is 0 Å². The van der Waals surface area contributed by atoms with Crippen molar-refractivity contribution in [3.8, 4) is 0 Å². The van der Waals surface area contributed by atoms with E-state index in [9.17, 15) is 9.90 Å². The number of aromatic nitrogens is 1. The molecule has 0 saturated carbocycles. The quantitative estimate of drug-likeness (QED) is 0.320. The summed E-state index contributed by atoms with van der Waals surface area (Å²) in [5.41, 5.74) is 4.96. The van der Waals surface area contributed by atoms with Gasteiger partial charge in [0.1, 0.15) is 0 Å². The molecule has 172 valence electrons. The fourth-order valence-electron chi connectivity index (χ4n) is 4.33. The molecule has 0 unspecified atom stereocenters. The van der Waals surface area contributed by atoms with Crippen LogP contribution in [0, 0.1) is 0 Å². The number of carboxylic acids is 1. The number of anilines is 1. The maximum atomic E-state index is 11.5. The molecule has 2 aromatic carbocycles. The van der Waals surface area contributed by atoms with Gasteiger partial charge in [0.25, 0.3) is 0 Å². The first kappa shape index (κ1) is 23.6. The van der Waals surface area contributed by atoms with Crippen LogP contribution in [0.4, 0.5) is 5.69 Å². The Labute approximate surface area is 220 Å². The number of rotatable bonds is 6. The molecule has 0 spiro atoms. The van der Waals surface area contributed by atoms with Crippen molar-refractivity contribution in [1.29, 1.82) is 0 Å². The Morgan fingerprint density at radius 2 is 1.91 bits per heavy atom. The number of hydrogen-bond donors (Lipinski definition) is 1. The van der Waals surface area contributed by atoms with Crippen LogP contribution in [0.15, 0.2) is 87.0 Å². The van der Waals surface area contributed by atoms with Crippen LogP contribution < -0.4 is 13.9 Å². The first-order valence-electron chi connectivity index (χ1n) is 11.2. The fourth-order valence-corrected chi connectivity index (χ4v) is 9.59. The molecule has 4 nitrogen and oxygen atoms in total. The molecule has 1 aliphatic carbocycles. The van der Waals surface area contributed by atoms with Gasteiger partial charge in [0.2, 0.25) is 0 Å². The SMILES string of the molecule is CCN1C(=CC=C2CCC(C=Cc3[se]c4ccccc4[n+]3CC(=O)O)=C2Br)[Se]c2ccccc21. The molecule has 7 heteroatoms. The van der Waals surface area contributed by atoms with Crippen LogP contribution in [0.5, 0.6) is 0 Å². The van der Waals surface area contributed by atoms with E-state index in [0.717, 1.165) is 29.5 Å². The van der Waals surface area contributed by atoms with E-state index in [1.807, 2.05) is 22.8 Å². The Kier molecular flexibility index (Phi) is 7.10. The molecule has 0 amide bonds. The second-order valence-corrected chi connectivity index (χ2v) is 13.3. The van der Waals surface area contributed by atoms with Crippen LogP contribution in [0.1, 0.15) is 24.3 Å². The fraction of sp³-hybridized carbons (Fsp3) is 0.185. The second-order valence-electron chi connectivity index (χ2n) is 8.07. The van der Waals surface area contributed by atoms with Gasteiger partial charge in [-0.1, -0.05) is 0 Å². The number of para-hydroxylation sites is 2. The summed E-state index contributed by atoms with van der Waals surface area (Å²) in [6.45, 7) is 3.19. The number of carbonyl (C=O) groups is 1. The van der Waals surface area contributed by atoms with Gasteiger partial charge in [-0.2, -0.15) is 0 Å². The summed E-state index contributed by atoms with van der Waals surface area (Å²) >= 11 is 4.29. The molecule has 2 aliphatic rings. The van der Waals surface area contributed by atoms with Crippen molar-refractivity contribution in [3.05, 3.63) is 91.6 Å². The molecule has 0 saturated heterocycles. The van der Waals surface area contributed by atoms with Crippen LogP contribution in [-0.4, -0.2) is 47.1 Å². The molecule has 34 heavy (non-hydrogen) atoms. The summed E-state index contributed by atoms with van der Waals surface area (Å²) in [5.74, 6) is -0.810. The summed E-state index contributed by atoms with van der Waals surface area (Å²) in [6.07, 6.45) is 10.9. The van der Waals surface area contributed by atoms with Crippen LogP contribution in [-0.2, 0) is 11.3 Å². The zero-order valence-electron chi connectivity index (χ0n) is 18.7. The van der Waals surface area contributed by atoms with Crippen molar-refractivity contribution >= 4 is 77.4 Å². The van der Waals surface area contributed by atoms with E-state index in [2.05, 4.69) is 82.4 Å². The third-order valence-corrected chi connectivity index (χ3v) is 11.7. The van der Waals surface area contributed by atoms with Crippen molar-refractivity contribution in [2.24, 2.45) is 0 Å². The van der Waals surface area contributed by atoms with E-state index in [-0.39, 0.29) is 21.0 Å². The minimum atomic E-state index is -0.810. The predicted octanol–water partition coefficient (Wildman–Crippen LogP) is 4.36. The molecule has 1 aromatic heterocycles. The van der Waals surface area contributed by atoms with Crippen LogP contribution in [0.25, 0.3) is 15.9 Å². The Bertz CT molecular complexity index is 1400. The molecular weight excluding hydrogens is 622 g/mol. The van der Waals surface area contributed by atoms with Gasteiger partial charge in [0.15, 0.2) is 0 Å². The monoisotopic (exact) mass is 647 g/mol. The van der Waals surface area contributed by atoms with Crippen molar-refractivity contribution in [2.75, 3.05) is 11.4 Å². The first-order chi connectivity index (χ1) is 16.5. The number of carboxylic acid groups (broad SMARTS) is 1. The van der Waals surface area contributed by atoms with E-state index in [1.165, 1.54) is 34.6 Å². The van der Waals surface area contributed by atoms with Gasteiger partial charge >= 0.3 is 221 Å². The Hall–Kier alpha value is -2.14. The third-order valence-electron chi connectivity index (χ3n) is 5.96. The Balaban J connectivity index is 1.40. The Morgan fingerprint density at radius 3 is 2.74 bits per heavy atom. The zero-order valence-corrected chi connectivity index (χ0v) is 23.7. The average Bonchev–Trinajstić information content (AvgIpc) is 3.49. The summed E-state index contributed by atoms with van der Waals surface area (Å²) in [5, 5.41) is 9.41. The van der Waals surface area contributed by atoms with Crippen LogP contribution >= 0.6 is 15.9 Å². The van der Waals surface area contributed by atoms with E-state index < -0.39 is 5.97 Å². The van der Waals surface area contributed by atoms with Crippen molar-refractivity contribution in [2.45, 2.75) is 26.3 Å². The number of aliphatic carboxylic acids is 1. The van der Waals surface area contributed by atoms with Gasteiger partial charge in [0, 0.05) is 0 Å². The molecule has 0 atom stereocenters. The number of halogens is 1. The Morgan fingerprint density at radius 1 is 1.12 bits per heavy atom. The molecule has 0 fully saturated rings. The van der Waals surface area contributed by atoms with Crippen molar-refractivity contribution < 1.29 is 14.5 Å². The third kappa shape index (κ3) is 4.68. The van der Waals surface area contributed by atoms with Crippen molar-refractivity contribution in [1.82, 2.24) is 0 Å². The summed E-state index contributed by atoms with van der Waals surface area (Å²) in [7, 11) is 0. The number of benzene rings is 2. The zero-order chi connectivity index (χ0) is 23.7. The van der Waals surface area contributed by atoms with E-state index >= 15 is 0 Å². The summed E-state index contributed by atoms with van der Waals surface area (Å²) in [4.78, 5) is 13.9. The molecule has 0 bridgehead atoms. The van der Waals surface area contributed by atoms with Gasteiger partial charge < -0.3 is 0 Å². The number of nitrogens with zero attached hydrogens (tertiary/aromatic N) is 2. The molecule has 3 aromatic rings. The summed E-state index contributed by atoms with van der Waals surface area (Å²) in [6, 6.07) is 16.8. The van der Waals surface area contributed by atoms with Gasteiger partial charge in [-0.3, -0.25) is 0 Å². The molecule has 5 rings (SSSR count). The van der Waals surface area contributed by atoms with Gasteiger partial charge in [-0.25, -0.2) is 0 Å². The average molecular weight is 646 g/mol. The van der Waals surface area contributed by atoms with Crippen LogP contribution in [0.3, 0.4) is 0 Å². The van der Waals surface area contributed by atoms with E-state index in [1.54, 1.807) is 0 Å². The number of hydrogen-bond acceptors (Lipinski definition) is 2. The van der Waals surface area contributed by atoms with Crippen molar-refractivity contribution in [3.63, 3.8) is 0 Å². The van der Waals surface area contributed by atoms with Crippen LogP contribution in [0.2, 0.25) is 0 Å². The maximum absolute atomic E-state index is 11.5. The van der Waals surface area contributed by atoms with E-state index in [4.69, 9.17) is 0 Å². The predicted molar refractivity (Wildman–Crippen MR) is 144 cm³/mol. The standard InChI is InChI=1S/C27H23BrN2O2Se2/c1-2-29-20-7-3-5-9-22(20)33-24(29)15-13-18-11-12-19(27(18)28)14-16-25-30(17-26(31)32)21-8-4-6-10-23(21)34-25/h3-10,13-16H,2,11-12,17H2,1H3/p+1. The second kappa shape index (κ2) is 10.2. The normalized spacial score (nSPS) is 18.2. The first-order valence-corrected chi connectivity index (χ1v) is 15.4. The molecule has 0 radical (unpaired) electrons. The molecular formula is C27H24BrN2O2Se2+. The molecule has 2 heterocycles. The molecule has 1 aliphatic heterocycles. The van der Waals surface area contributed by atoms with Gasteiger partial charge in [0.05, 0.1) is 0 Å². The minimum absolute atomic E-state index is 0.00452. The number of fused-ring (bicyclic) bond motifs is 2.